The van der Waals surface area contributed by atoms with E-state index in [1.807, 2.05) is 30.3 Å². The predicted octanol–water partition coefficient (Wildman–Crippen LogP) is 2.34. The van der Waals surface area contributed by atoms with Crippen LogP contribution in [0.5, 0.6) is 0 Å². The van der Waals surface area contributed by atoms with Gasteiger partial charge in [-0.15, -0.1) is 11.6 Å². The molecule has 0 atom stereocenters. The van der Waals surface area contributed by atoms with Gasteiger partial charge in [0.1, 0.15) is 0 Å². The maximum absolute atomic E-state index is 11.1. The van der Waals surface area contributed by atoms with Crippen molar-refractivity contribution in [2.75, 3.05) is 19.0 Å². The van der Waals surface area contributed by atoms with Crippen LogP contribution in [0, 0.1) is 0 Å². The van der Waals surface area contributed by atoms with Crippen molar-refractivity contribution in [2.24, 2.45) is 0 Å². The molecule has 94 valence electrons. The molecule has 4 heteroatoms. The van der Waals surface area contributed by atoms with Gasteiger partial charge < -0.3 is 10.1 Å². The van der Waals surface area contributed by atoms with Crippen LogP contribution in [0.1, 0.15) is 18.4 Å². The molecular formula is C13H18ClNO2. The third-order valence-electron chi connectivity index (χ3n) is 2.22. The van der Waals surface area contributed by atoms with Crippen molar-refractivity contribution in [3.63, 3.8) is 0 Å². The summed E-state index contributed by atoms with van der Waals surface area (Å²) in [6.07, 6.45) is 1.20. The Bertz CT molecular complexity index is 316. The summed E-state index contributed by atoms with van der Waals surface area (Å²) < 4.78 is 5.48. The van der Waals surface area contributed by atoms with Crippen LogP contribution >= 0.6 is 11.6 Å². The van der Waals surface area contributed by atoms with Crippen molar-refractivity contribution in [2.45, 2.75) is 19.4 Å². The minimum Gasteiger partial charge on any atom is -0.377 e. The highest BCUT2D eigenvalue weighted by Crippen LogP contribution is 2.00. The van der Waals surface area contributed by atoms with E-state index in [1.54, 1.807) is 0 Å². The number of carbonyl (C=O) groups excluding carboxylic acids is 1. The third-order valence-corrected chi connectivity index (χ3v) is 2.41. The largest absolute Gasteiger partial charge is 0.377 e. The number of amides is 1. The molecule has 0 aromatic heterocycles. The van der Waals surface area contributed by atoms with E-state index in [9.17, 15) is 4.79 Å². The Morgan fingerprint density at radius 3 is 2.76 bits per heavy atom. The lowest BCUT2D eigenvalue weighted by atomic mass is 10.2. The molecule has 1 aromatic carbocycles. The van der Waals surface area contributed by atoms with Crippen LogP contribution < -0.4 is 5.32 Å². The van der Waals surface area contributed by atoms with Gasteiger partial charge in [0.2, 0.25) is 5.91 Å². The van der Waals surface area contributed by atoms with Gasteiger partial charge in [0.25, 0.3) is 0 Å². The second-order valence-corrected chi connectivity index (χ2v) is 4.06. The summed E-state index contributed by atoms with van der Waals surface area (Å²) in [6.45, 7) is 1.91. The SMILES string of the molecule is O=C(CCCl)NCCCOCc1ccccc1. The second kappa shape index (κ2) is 9.02. The summed E-state index contributed by atoms with van der Waals surface area (Å²) in [5.74, 6) is 0.374. The Kier molecular flexibility index (Phi) is 7.43. The molecule has 0 unspecified atom stereocenters. The van der Waals surface area contributed by atoms with Gasteiger partial charge in [-0.2, -0.15) is 0 Å². The van der Waals surface area contributed by atoms with E-state index < -0.39 is 0 Å². The summed E-state index contributed by atoms with van der Waals surface area (Å²) in [4.78, 5) is 11.1. The molecule has 0 spiro atoms. The first-order chi connectivity index (χ1) is 8.33. The molecular weight excluding hydrogens is 238 g/mol. The number of hydrogen-bond acceptors (Lipinski definition) is 2. The van der Waals surface area contributed by atoms with Gasteiger partial charge in [-0.1, -0.05) is 30.3 Å². The maximum Gasteiger partial charge on any atom is 0.221 e. The van der Waals surface area contributed by atoms with Crippen LogP contribution in [-0.2, 0) is 16.1 Å². The number of ether oxygens (including phenoxy) is 1. The quantitative estimate of drug-likeness (QED) is 0.572. The molecule has 0 radical (unpaired) electrons. The van der Waals surface area contributed by atoms with E-state index >= 15 is 0 Å². The molecule has 1 aromatic rings. The second-order valence-electron chi connectivity index (χ2n) is 3.68. The third kappa shape index (κ3) is 6.97. The molecule has 0 saturated carbocycles. The molecule has 0 bridgehead atoms. The first kappa shape index (κ1) is 14.0. The highest BCUT2D eigenvalue weighted by molar-refractivity contribution is 6.18. The number of hydrogen-bond donors (Lipinski definition) is 1. The number of benzene rings is 1. The fraction of sp³-hybridized carbons (Fsp3) is 0.462. The first-order valence-electron chi connectivity index (χ1n) is 5.77. The van der Waals surface area contributed by atoms with Crippen LogP contribution in [0.15, 0.2) is 30.3 Å². The zero-order valence-corrected chi connectivity index (χ0v) is 10.6. The van der Waals surface area contributed by atoms with Crippen molar-refractivity contribution in [3.8, 4) is 0 Å². The minimum atomic E-state index is 0.00283. The Morgan fingerprint density at radius 2 is 2.06 bits per heavy atom. The van der Waals surface area contributed by atoms with Crippen LogP contribution in [0.25, 0.3) is 0 Å². The molecule has 0 heterocycles. The van der Waals surface area contributed by atoms with Gasteiger partial charge in [0, 0.05) is 25.5 Å². The number of alkyl halides is 1. The van der Waals surface area contributed by atoms with Gasteiger partial charge in [-0.3, -0.25) is 4.79 Å². The number of nitrogens with one attached hydrogen (secondary N) is 1. The summed E-state index contributed by atoms with van der Waals surface area (Å²) in [7, 11) is 0. The van der Waals surface area contributed by atoms with Crippen molar-refractivity contribution in [3.05, 3.63) is 35.9 Å². The fourth-order valence-electron chi connectivity index (χ4n) is 1.34. The molecule has 0 fully saturated rings. The molecule has 3 nitrogen and oxygen atoms in total. The lowest BCUT2D eigenvalue weighted by Crippen LogP contribution is -2.25. The Morgan fingerprint density at radius 1 is 1.29 bits per heavy atom. The molecule has 17 heavy (non-hydrogen) atoms. The average Bonchev–Trinajstić information content (AvgIpc) is 2.35. The van der Waals surface area contributed by atoms with E-state index in [-0.39, 0.29) is 5.91 Å². The van der Waals surface area contributed by atoms with Crippen molar-refractivity contribution in [1.82, 2.24) is 5.32 Å². The average molecular weight is 256 g/mol. The molecule has 1 N–H and O–H groups in total. The highest BCUT2D eigenvalue weighted by Gasteiger charge is 1.98. The van der Waals surface area contributed by atoms with Crippen LogP contribution in [0.2, 0.25) is 0 Å². The topological polar surface area (TPSA) is 38.3 Å². The normalized spacial score (nSPS) is 10.2. The van der Waals surface area contributed by atoms with Crippen molar-refractivity contribution >= 4 is 17.5 Å². The van der Waals surface area contributed by atoms with E-state index in [0.29, 0.717) is 32.1 Å². The number of rotatable bonds is 8. The monoisotopic (exact) mass is 255 g/mol. The zero-order chi connectivity index (χ0) is 12.3. The molecule has 0 saturated heterocycles. The molecule has 0 aliphatic rings. The van der Waals surface area contributed by atoms with Crippen LogP contribution in [0.4, 0.5) is 0 Å². The smallest absolute Gasteiger partial charge is 0.221 e. The lowest BCUT2D eigenvalue weighted by Gasteiger charge is -2.05. The lowest BCUT2D eigenvalue weighted by molar-refractivity contribution is -0.120. The highest BCUT2D eigenvalue weighted by atomic mass is 35.5. The first-order valence-corrected chi connectivity index (χ1v) is 6.30. The van der Waals surface area contributed by atoms with E-state index in [0.717, 1.165) is 6.42 Å². The standard InChI is InChI=1S/C13H18ClNO2/c14-8-7-13(16)15-9-4-10-17-11-12-5-2-1-3-6-12/h1-3,5-6H,4,7-11H2,(H,15,16). The van der Waals surface area contributed by atoms with Gasteiger partial charge in [-0.05, 0) is 12.0 Å². The summed E-state index contributed by atoms with van der Waals surface area (Å²) in [5.41, 5.74) is 1.17. The number of carbonyl (C=O) groups is 1. The molecule has 1 rings (SSSR count). The molecule has 0 aliphatic heterocycles. The summed E-state index contributed by atoms with van der Waals surface area (Å²) in [5, 5.41) is 2.78. The van der Waals surface area contributed by atoms with Gasteiger partial charge in [-0.25, -0.2) is 0 Å². The zero-order valence-electron chi connectivity index (χ0n) is 9.82. The molecule has 1 amide bonds. The summed E-state index contributed by atoms with van der Waals surface area (Å²) in [6, 6.07) is 10.0. The van der Waals surface area contributed by atoms with Crippen LogP contribution in [-0.4, -0.2) is 24.9 Å². The maximum atomic E-state index is 11.1. The fourth-order valence-corrected chi connectivity index (χ4v) is 1.51. The number of halogens is 1. The molecule has 0 aliphatic carbocycles. The predicted molar refractivity (Wildman–Crippen MR) is 69.1 cm³/mol. The van der Waals surface area contributed by atoms with E-state index in [4.69, 9.17) is 16.3 Å². The van der Waals surface area contributed by atoms with Gasteiger partial charge in [0.05, 0.1) is 6.61 Å². The van der Waals surface area contributed by atoms with Crippen molar-refractivity contribution in [1.29, 1.82) is 0 Å². The van der Waals surface area contributed by atoms with Gasteiger partial charge >= 0.3 is 0 Å². The van der Waals surface area contributed by atoms with E-state index in [2.05, 4.69) is 5.32 Å². The Hall–Kier alpha value is -1.06. The van der Waals surface area contributed by atoms with Crippen molar-refractivity contribution < 1.29 is 9.53 Å². The Labute approximate surface area is 107 Å². The Balaban J connectivity index is 1.96. The van der Waals surface area contributed by atoms with E-state index in [1.165, 1.54) is 5.56 Å². The summed E-state index contributed by atoms with van der Waals surface area (Å²) >= 11 is 5.44. The van der Waals surface area contributed by atoms with Crippen LogP contribution in [0.3, 0.4) is 0 Å². The minimum absolute atomic E-state index is 0.00283. The van der Waals surface area contributed by atoms with Gasteiger partial charge in [0.15, 0.2) is 0 Å².